The molecule has 2 rings (SSSR count). The summed E-state index contributed by atoms with van der Waals surface area (Å²) in [7, 11) is 1.66. The Balaban J connectivity index is 1.78. The van der Waals surface area contributed by atoms with E-state index in [0.29, 0.717) is 17.3 Å². The molecule has 6 nitrogen and oxygen atoms in total. The molecule has 1 aromatic heterocycles. The second kappa shape index (κ2) is 7.77. The fraction of sp³-hybridized carbons (Fsp3) is 0.714. The number of hydrogen-bond donors (Lipinski definition) is 2. The number of halogens is 1. The first-order chi connectivity index (χ1) is 10.1. The zero-order valence-corrected chi connectivity index (χ0v) is 13.1. The third-order valence-electron chi connectivity index (χ3n) is 3.78. The smallest absolute Gasteiger partial charge is 0.271 e. The molecule has 0 aliphatic carbocycles. The summed E-state index contributed by atoms with van der Waals surface area (Å²) >= 11 is 5.91. The lowest BCUT2D eigenvalue weighted by atomic mass is 10.2. The highest BCUT2D eigenvalue weighted by Crippen LogP contribution is 2.13. The van der Waals surface area contributed by atoms with E-state index in [1.807, 2.05) is 0 Å². The molecule has 0 aromatic carbocycles. The molecule has 2 N–H and O–H groups in total. The molecule has 1 unspecified atom stereocenters. The van der Waals surface area contributed by atoms with Crippen LogP contribution < -0.4 is 5.32 Å². The van der Waals surface area contributed by atoms with E-state index in [4.69, 9.17) is 11.6 Å². The van der Waals surface area contributed by atoms with Gasteiger partial charge in [-0.15, -0.1) is 0 Å². The lowest BCUT2D eigenvalue weighted by Gasteiger charge is -2.23. The Labute approximate surface area is 130 Å². The lowest BCUT2D eigenvalue weighted by Crippen LogP contribution is -2.41. The number of rotatable bonds is 5. The van der Waals surface area contributed by atoms with Crippen LogP contribution in [0.3, 0.4) is 0 Å². The van der Waals surface area contributed by atoms with Crippen molar-refractivity contribution >= 4 is 17.5 Å². The van der Waals surface area contributed by atoms with Crippen molar-refractivity contribution in [3.05, 3.63) is 16.9 Å². The zero-order valence-electron chi connectivity index (χ0n) is 12.4. The van der Waals surface area contributed by atoms with Crippen molar-refractivity contribution in [3.63, 3.8) is 0 Å². The molecule has 1 aromatic rings. The van der Waals surface area contributed by atoms with Crippen LogP contribution in [0.2, 0.25) is 5.02 Å². The molecule has 0 saturated carbocycles. The summed E-state index contributed by atoms with van der Waals surface area (Å²) in [5.41, 5.74) is 0.318. The van der Waals surface area contributed by atoms with Gasteiger partial charge in [0.1, 0.15) is 5.69 Å². The zero-order chi connectivity index (χ0) is 15.2. The molecule has 1 atom stereocenters. The highest BCUT2D eigenvalue weighted by atomic mass is 35.5. The van der Waals surface area contributed by atoms with Gasteiger partial charge in [-0.1, -0.05) is 24.4 Å². The molecule has 7 heteroatoms. The molecule has 1 aliphatic heterocycles. The van der Waals surface area contributed by atoms with E-state index in [1.54, 1.807) is 7.05 Å². The average molecular weight is 315 g/mol. The van der Waals surface area contributed by atoms with Crippen molar-refractivity contribution in [2.24, 2.45) is 7.05 Å². The molecule has 2 heterocycles. The molecule has 1 aliphatic rings. The minimum Gasteiger partial charge on any atom is -0.390 e. The van der Waals surface area contributed by atoms with Crippen LogP contribution in [-0.4, -0.2) is 58.0 Å². The van der Waals surface area contributed by atoms with E-state index in [-0.39, 0.29) is 12.5 Å². The number of aliphatic hydroxyl groups excluding tert-OH is 1. The van der Waals surface area contributed by atoms with Crippen LogP contribution in [0.1, 0.15) is 36.2 Å². The maximum absolute atomic E-state index is 12.0. The summed E-state index contributed by atoms with van der Waals surface area (Å²) in [6.07, 6.45) is 5.77. The summed E-state index contributed by atoms with van der Waals surface area (Å²) in [4.78, 5) is 14.3. The molecule has 1 saturated heterocycles. The molecule has 0 spiro atoms. The quantitative estimate of drug-likeness (QED) is 0.852. The third kappa shape index (κ3) is 4.69. The van der Waals surface area contributed by atoms with Crippen LogP contribution in [0.5, 0.6) is 0 Å². The Kier molecular flexibility index (Phi) is 6.02. The van der Waals surface area contributed by atoms with Gasteiger partial charge < -0.3 is 15.3 Å². The van der Waals surface area contributed by atoms with Crippen molar-refractivity contribution < 1.29 is 9.90 Å². The molecule has 0 radical (unpaired) electrons. The van der Waals surface area contributed by atoms with Gasteiger partial charge in [-0.05, 0) is 25.9 Å². The van der Waals surface area contributed by atoms with Gasteiger partial charge in [-0.2, -0.15) is 5.10 Å². The summed E-state index contributed by atoms with van der Waals surface area (Å²) in [6.45, 7) is 2.87. The maximum Gasteiger partial charge on any atom is 0.271 e. The van der Waals surface area contributed by atoms with Crippen LogP contribution in [0.15, 0.2) is 6.20 Å². The summed E-state index contributed by atoms with van der Waals surface area (Å²) in [6, 6.07) is 0. The molecule has 21 heavy (non-hydrogen) atoms. The fourth-order valence-electron chi connectivity index (χ4n) is 2.64. The highest BCUT2D eigenvalue weighted by molar-refractivity contribution is 6.33. The first kappa shape index (κ1) is 16.3. The van der Waals surface area contributed by atoms with Crippen molar-refractivity contribution in [2.45, 2.75) is 31.8 Å². The van der Waals surface area contributed by atoms with Crippen molar-refractivity contribution in [3.8, 4) is 0 Å². The second-order valence-electron chi connectivity index (χ2n) is 5.54. The maximum atomic E-state index is 12.0. The van der Waals surface area contributed by atoms with E-state index in [0.717, 1.165) is 13.1 Å². The SMILES string of the molecule is Cn1ncc(Cl)c1C(=O)NCC(O)CN1CCCCCC1. The number of nitrogens with one attached hydrogen (secondary N) is 1. The van der Waals surface area contributed by atoms with E-state index >= 15 is 0 Å². The Morgan fingerprint density at radius 1 is 1.43 bits per heavy atom. The van der Waals surface area contributed by atoms with Crippen molar-refractivity contribution in [2.75, 3.05) is 26.2 Å². The fourth-order valence-corrected chi connectivity index (χ4v) is 2.89. The van der Waals surface area contributed by atoms with Crippen LogP contribution in [-0.2, 0) is 7.05 Å². The topological polar surface area (TPSA) is 70.4 Å². The Bertz CT molecular complexity index is 450. The van der Waals surface area contributed by atoms with E-state index in [2.05, 4.69) is 15.3 Å². The summed E-state index contributed by atoms with van der Waals surface area (Å²) in [5.74, 6) is -0.310. The monoisotopic (exact) mass is 314 g/mol. The van der Waals surface area contributed by atoms with E-state index in [1.165, 1.54) is 36.6 Å². The number of amides is 1. The molecular weight excluding hydrogens is 292 g/mol. The first-order valence-corrected chi connectivity index (χ1v) is 7.82. The van der Waals surface area contributed by atoms with Crippen LogP contribution >= 0.6 is 11.6 Å². The minimum atomic E-state index is -0.570. The molecule has 0 bridgehead atoms. The molecule has 118 valence electrons. The number of carbonyl (C=O) groups is 1. The Hall–Kier alpha value is -1.11. The number of nitrogens with zero attached hydrogens (tertiary/aromatic N) is 3. The van der Waals surface area contributed by atoms with Gasteiger partial charge in [0.15, 0.2) is 0 Å². The second-order valence-corrected chi connectivity index (χ2v) is 5.95. The van der Waals surface area contributed by atoms with Gasteiger partial charge in [0.05, 0.1) is 17.3 Å². The third-order valence-corrected chi connectivity index (χ3v) is 4.05. The van der Waals surface area contributed by atoms with E-state index < -0.39 is 6.10 Å². The highest BCUT2D eigenvalue weighted by Gasteiger charge is 2.18. The van der Waals surface area contributed by atoms with Crippen LogP contribution in [0, 0.1) is 0 Å². The van der Waals surface area contributed by atoms with Gasteiger partial charge >= 0.3 is 0 Å². The Morgan fingerprint density at radius 2 is 2.10 bits per heavy atom. The number of β-amino-alcohol motifs (C(OH)–C–C–N with tert-alkyl or cyclic N) is 1. The minimum absolute atomic E-state index is 0.219. The van der Waals surface area contributed by atoms with Gasteiger partial charge in [-0.3, -0.25) is 9.48 Å². The predicted molar refractivity (Wildman–Crippen MR) is 81.5 cm³/mol. The number of hydrogen-bond acceptors (Lipinski definition) is 4. The normalized spacial score (nSPS) is 18.2. The lowest BCUT2D eigenvalue weighted by molar-refractivity contribution is 0.0855. The molecule has 1 amide bonds. The number of aromatic nitrogens is 2. The standard InChI is InChI=1S/C14H23ClN4O2/c1-18-13(12(15)9-17-18)14(21)16-8-11(20)10-19-6-4-2-3-5-7-19/h9,11,20H,2-8,10H2,1H3,(H,16,21). The molecule has 1 fully saturated rings. The van der Waals surface area contributed by atoms with Gasteiger partial charge in [-0.25, -0.2) is 0 Å². The van der Waals surface area contributed by atoms with E-state index in [9.17, 15) is 9.90 Å². The number of aryl methyl sites for hydroxylation is 1. The summed E-state index contributed by atoms with van der Waals surface area (Å²) < 4.78 is 1.43. The predicted octanol–water partition coefficient (Wildman–Crippen LogP) is 1.04. The van der Waals surface area contributed by atoms with Gasteiger partial charge in [0, 0.05) is 20.1 Å². The Morgan fingerprint density at radius 3 is 2.67 bits per heavy atom. The average Bonchev–Trinajstić information content (AvgIpc) is 2.67. The number of likely N-dealkylation sites (tertiary alicyclic amines) is 1. The number of aliphatic hydroxyl groups is 1. The van der Waals surface area contributed by atoms with Crippen LogP contribution in [0.4, 0.5) is 0 Å². The van der Waals surface area contributed by atoms with Crippen molar-refractivity contribution in [1.29, 1.82) is 0 Å². The van der Waals surface area contributed by atoms with Crippen LogP contribution in [0.25, 0.3) is 0 Å². The number of carbonyl (C=O) groups excluding carboxylic acids is 1. The largest absolute Gasteiger partial charge is 0.390 e. The first-order valence-electron chi connectivity index (χ1n) is 7.44. The van der Waals surface area contributed by atoms with Crippen molar-refractivity contribution in [1.82, 2.24) is 20.0 Å². The summed E-state index contributed by atoms with van der Waals surface area (Å²) in [5, 5.41) is 17.0. The molecular formula is C14H23ClN4O2. The van der Waals surface area contributed by atoms with Gasteiger partial charge in [0.25, 0.3) is 5.91 Å². The van der Waals surface area contributed by atoms with Gasteiger partial charge in [0.2, 0.25) is 0 Å².